The predicted octanol–water partition coefficient (Wildman–Crippen LogP) is 0.587. The van der Waals surface area contributed by atoms with E-state index in [9.17, 15) is 9.59 Å². The summed E-state index contributed by atoms with van der Waals surface area (Å²) in [6.45, 7) is 0. The van der Waals surface area contributed by atoms with E-state index in [0.717, 1.165) is 0 Å². The van der Waals surface area contributed by atoms with Crippen molar-refractivity contribution in [1.82, 2.24) is 0 Å². The fourth-order valence-electron chi connectivity index (χ4n) is 1.91. The van der Waals surface area contributed by atoms with Gasteiger partial charge in [-0.15, -0.1) is 0 Å². The van der Waals surface area contributed by atoms with Gasteiger partial charge in [-0.1, -0.05) is 0 Å². The third kappa shape index (κ3) is 2.23. The van der Waals surface area contributed by atoms with Crippen molar-refractivity contribution in [2.45, 2.75) is 25.4 Å². The lowest BCUT2D eigenvalue weighted by Gasteiger charge is -2.30. The van der Waals surface area contributed by atoms with E-state index in [1.807, 2.05) is 0 Å². The second-order valence-corrected chi connectivity index (χ2v) is 3.56. The number of carboxylic acid groups (broad SMARTS) is 2. The highest BCUT2D eigenvalue weighted by atomic mass is 16.5. The van der Waals surface area contributed by atoms with Crippen molar-refractivity contribution in [3.8, 4) is 0 Å². The van der Waals surface area contributed by atoms with Crippen LogP contribution in [0.25, 0.3) is 0 Å². The van der Waals surface area contributed by atoms with Crippen LogP contribution in [0.5, 0.6) is 0 Å². The van der Waals surface area contributed by atoms with E-state index in [2.05, 4.69) is 0 Å². The van der Waals surface area contributed by atoms with Gasteiger partial charge < -0.3 is 14.9 Å². The Labute approximate surface area is 81.7 Å². The maximum absolute atomic E-state index is 10.8. The Balaban J connectivity index is 2.70. The standard InChI is InChI=1S/C9H14O5/c1-14-5-2-3-6(8(10)11)7(4-5)9(12)13/h5-7H,2-4H2,1H3,(H,10,11)(H,12,13). The number of carboxylic acids is 2. The Kier molecular flexibility index (Phi) is 3.46. The number of hydrogen-bond acceptors (Lipinski definition) is 3. The molecule has 1 fully saturated rings. The summed E-state index contributed by atoms with van der Waals surface area (Å²) in [5.74, 6) is -3.64. The quantitative estimate of drug-likeness (QED) is 0.699. The van der Waals surface area contributed by atoms with Crippen LogP contribution in [-0.2, 0) is 14.3 Å². The molecule has 80 valence electrons. The minimum Gasteiger partial charge on any atom is -0.481 e. The molecule has 1 aliphatic carbocycles. The molecule has 0 heterocycles. The molecule has 3 atom stereocenters. The average molecular weight is 202 g/mol. The number of rotatable bonds is 3. The maximum Gasteiger partial charge on any atom is 0.307 e. The molecular formula is C9H14O5. The number of carbonyl (C=O) groups is 2. The number of hydrogen-bond donors (Lipinski definition) is 2. The molecule has 1 rings (SSSR count). The summed E-state index contributed by atoms with van der Waals surface area (Å²) < 4.78 is 5.04. The fraction of sp³-hybridized carbons (Fsp3) is 0.778. The van der Waals surface area contributed by atoms with Gasteiger partial charge in [-0.2, -0.15) is 0 Å². The third-order valence-electron chi connectivity index (χ3n) is 2.77. The minimum atomic E-state index is -1.04. The first-order valence-corrected chi connectivity index (χ1v) is 4.54. The van der Waals surface area contributed by atoms with E-state index in [0.29, 0.717) is 19.3 Å². The Morgan fingerprint density at radius 3 is 2.14 bits per heavy atom. The molecule has 0 radical (unpaired) electrons. The number of aliphatic carboxylic acids is 2. The van der Waals surface area contributed by atoms with Crippen molar-refractivity contribution in [2.24, 2.45) is 11.8 Å². The summed E-state index contributed by atoms with van der Waals surface area (Å²) >= 11 is 0. The third-order valence-corrected chi connectivity index (χ3v) is 2.77. The van der Waals surface area contributed by atoms with Gasteiger partial charge in [0.1, 0.15) is 0 Å². The van der Waals surface area contributed by atoms with E-state index in [-0.39, 0.29) is 6.10 Å². The molecule has 1 saturated carbocycles. The topological polar surface area (TPSA) is 83.8 Å². The Bertz CT molecular complexity index is 237. The molecule has 14 heavy (non-hydrogen) atoms. The molecule has 1 aliphatic rings. The van der Waals surface area contributed by atoms with Crippen molar-refractivity contribution in [2.75, 3.05) is 7.11 Å². The van der Waals surface area contributed by atoms with Crippen LogP contribution < -0.4 is 0 Å². The van der Waals surface area contributed by atoms with Gasteiger partial charge in [0.15, 0.2) is 0 Å². The smallest absolute Gasteiger partial charge is 0.307 e. The fourth-order valence-corrected chi connectivity index (χ4v) is 1.91. The van der Waals surface area contributed by atoms with Gasteiger partial charge in [-0.3, -0.25) is 9.59 Å². The lowest BCUT2D eigenvalue weighted by molar-refractivity contribution is -0.158. The molecule has 2 N–H and O–H groups in total. The molecule has 0 amide bonds. The molecule has 0 aromatic rings. The van der Waals surface area contributed by atoms with Crippen molar-refractivity contribution < 1.29 is 24.5 Å². The van der Waals surface area contributed by atoms with Crippen LogP contribution in [0.15, 0.2) is 0 Å². The summed E-state index contributed by atoms with van der Waals surface area (Å²) in [7, 11) is 1.52. The van der Waals surface area contributed by atoms with Crippen LogP contribution in [0.3, 0.4) is 0 Å². The van der Waals surface area contributed by atoms with Crippen LogP contribution in [0.1, 0.15) is 19.3 Å². The van der Waals surface area contributed by atoms with Crippen molar-refractivity contribution >= 4 is 11.9 Å². The van der Waals surface area contributed by atoms with Gasteiger partial charge in [0, 0.05) is 7.11 Å². The average Bonchev–Trinajstić information content (AvgIpc) is 2.16. The first kappa shape index (κ1) is 11.0. The van der Waals surface area contributed by atoms with Crippen molar-refractivity contribution in [1.29, 1.82) is 0 Å². The predicted molar refractivity (Wildman–Crippen MR) is 46.9 cm³/mol. The molecule has 5 heteroatoms. The monoisotopic (exact) mass is 202 g/mol. The summed E-state index contributed by atoms with van der Waals surface area (Å²) in [6.07, 6.45) is 1.18. The molecular weight excluding hydrogens is 188 g/mol. The van der Waals surface area contributed by atoms with Crippen LogP contribution in [0.4, 0.5) is 0 Å². The van der Waals surface area contributed by atoms with Gasteiger partial charge >= 0.3 is 11.9 Å². The van der Waals surface area contributed by atoms with Crippen LogP contribution >= 0.6 is 0 Å². The van der Waals surface area contributed by atoms with Gasteiger partial charge in [0.2, 0.25) is 0 Å². The van der Waals surface area contributed by atoms with Crippen molar-refractivity contribution in [3.63, 3.8) is 0 Å². The van der Waals surface area contributed by atoms with E-state index in [1.54, 1.807) is 0 Å². The highest BCUT2D eigenvalue weighted by Gasteiger charge is 2.39. The SMILES string of the molecule is COC1CCC(C(=O)O)C(C(=O)O)C1. The van der Waals surface area contributed by atoms with E-state index < -0.39 is 23.8 Å². The second kappa shape index (κ2) is 4.41. The number of methoxy groups -OCH3 is 1. The molecule has 5 nitrogen and oxygen atoms in total. The number of ether oxygens (including phenoxy) is 1. The molecule has 0 aromatic heterocycles. The van der Waals surface area contributed by atoms with Gasteiger partial charge in [0.25, 0.3) is 0 Å². The molecule has 0 saturated heterocycles. The Hall–Kier alpha value is -1.10. The summed E-state index contributed by atoms with van der Waals surface area (Å²) in [6, 6.07) is 0. The zero-order chi connectivity index (χ0) is 10.7. The van der Waals surface area contributed by atoms with Gasteiger partial charge in [-0.25, -0.2) is 0 Å². The maximum atomic E-state index is 10.8. The zero-order valence-electron chi connectivity index (χ0n) is 7.97. The highest BCUT2D eigenvalue weighted by Crippen LogP contribution is 2.31. The van der Waals surface area contributed by atoms with E-state index in [1.165, 1.54) is 7.11 Å². The molecule has 3 unspecified atom stereocenters. The molecule has 0 aromatic carbocycles. The lowest BCUT2D eigenvalue weighted by Crippen LogP contribution is -2.37. The zero-order valence-corrected chi connectivity index (χ0v) is 7.97. The summed E-state index contributed by atoms with van der Waals surface area (Å²) in [5, 5.41) is 17.7. The largest absolute Gasteiger partial charge is 0.481 e. The lowest BCUT2D eigenvalue weighted by atomic mass is 9.78. The summed E-state index contributed by atoms with van der Waals surface area (Å²) in [4.78, 5) is 21.6. The van der Waals surface area contributed by atoms with E-state index >= 15 is 0 Å². The summed E-state index contributed by atoms with van der Waals surface area (Å²) in [5.41, 5.74) is 0. The van der Waals surface area contributed by atoms with Crippen molar-refractivity contribution in [3.05, 3.63) is 0 Å². The van der Waals surface area contributed by atoms with Crippen LogP contribution in [-0.4, -0.2) is 35.4 Å². The molecule has 0 spiro atoms. The Morgan fingerprint density at radius 1 is 1.14 bits per heavy atom. The van der Waals surface area contributed by atoms with Crippen LogP contribution in [0, 0.1) is 11.8 Å². The Morgan fingerprint density at radius 2 is 1.71 bits per heavy atom. The van der Waals surface area contributed by atoms with E-state index in [4.69, 9.17) is 14.9 Å². The molecule has 0 aliphatic heterocycles. The second-order valence-electron chi connectivity index (χ2n) is 3.56. The molecule has 0 bridgehead atoms. The normalized spacial score (nSPS) is 32.5. The first-order chi connectivity index (χ1) is 6.56. The first-order valence-electron chi connectivity index (χ1n) is 4.54. The minimum absolute atomic E-state index is 0.119. The highest BCUT2D eigenvalue weighted by molar-refractivity contribution is 5.80. The van der Waals surface area contributed by atoms with Crippen LogP contribution in [0.2, 0.25) is 0 Å². The van der Waals surface area contributed by atoms with Gasteiger partial charge in [-0.05, 0) is 19.3 Å². The van der Waals surface area contributed by atoms with Gasteiger partial charge in [0.05, 0.1) is 17.9 Å².